The molecule has 2 aromatic heterocycles. The van der Waals surface area contributed by atoms with Gasteiger partial charge in [0.15, 0.2) is 5.82 Å². The third-order valence-electron chi connectivity index (χ3n) is 4.79. The van der Waals surface area contributed by atoms with Crippen LogP contribution in [-0.4, -0.2) is 56.1 Å². The quantitative estimate of drug-likeness (QED) is 0.691. The second-order valence-electron chi connectivity index (χ2n) is 7.12. The lowest BCUT2D eigenvalue weighted by molar-refractivity contribution is 0.0651. The smallest absolute Gasteiger partial charge is 0.255 e. The van der Waals surface area contributed by atoms with Crippen LogP contribution in [0.5, 0.6) is 0 Å². The van der Waals surface area contributed by atoms with E-state index in [9.17, 15) is 9.90 Å². The van der Waals surface area contributed by atoms with Crippen LogP contribution in [0.15, 0.2) is 12.3 Å². The molecular weight excluding hydrogens is 332 g/mol. The first-order valence-electron chi connectivity index (χ1n) is 9.07. The minimum absolute atomic E-state index is 0.0378. The molecule has 8 heteroatoms. The van der Waals surface area contributed by atoms with E-state index >= 15 is 0 Å². The molecule has 0 aliphatic carbocycles. The van der Waals surface area contributed by atoms with E-state index in [1.54, 1.807) is 17.2 Å². The lowest BCUT2D eigenvalue weighted by Crippen LogP contribution is -2.42. The first-order chi connectivity index (χ1) is 12.5. The fourth-order valence-electron chi connectivity index (χ4n) is 2.98. The average Bonchev–Trinajstić information content (AvgIpc) is 2.57. The number of unbranched alkanes of at least 4 members (excludes halogenated alkanes) is 1. The van der Waals surface area contributed by atoms with Gasteiger partial charge in [-0.3, -0.25) is 4.79 Å². The third-order valence-corrected chi connectivity index (χ3v) is 4.79. The van der Waals surface area contributed by atoms with Crippen LogP contribution in [0.25, 0.3) is 11.0 Å². The Labute approximate surface area is 152 Å². The number of carbonyl (C=O) groups is 1. The molecule has 3 rings (SSSR count). The summed E-state index contributed by atoms with van der Waals surface area (Å²) < 4.78 is 0. The van der Waals surface area contributed by atoms with E-state index in [2.05, 4.69) is 27.2 Å². The zero-order chi connectivity index (χ0) is 18.7. The van der Waals surface area contributed by atoms with Crippen molar-refractivity contribution in [2.45, 2.75) is 45.1 Å². The van der Waals surface area contributed by atoms with E-state index < -0.39 is 5.54 Å². The monoisotopic (exact) mass is 358 g/mol. The highest BCUT2D eigenvalue weighted by Crippen LogP contribution is 2.26. The Bertz CT molecular complexity index is 808. The second-order valence-corrected chi connectivity index (χ2v) is 7.12. The summed E-state index contributed by atoms with van der Waals surface area (Å²) in [4.78, 5) is 27.1. The molecule has 1 aliphatic rings. The van der Waals surface area contributed by atoms with Crippen LogP contribution in [0.4, 0.5) is 11.8 Å². The minimum Gasteiger partial charge on any atom is -0.394 e. The minimum atomic E-state index is -0.530. The highest BCUT2D eigenvalue weighted by molar-refractivity contribution is 5.98. The second kappa shape index (κ2) is 7.41. The Morgan fingerprint density at radius 1 is 1.42 bits per heavy atom. The molecular formula is C18H26N6O2. The lowest BCUT2D eigenvalue weighted by Gasteiger charge is -2.31. The summed E-state index contributed by atoms with van der Waals surface area (Å²) in [6.07, 6.45) is 5.38. The number of aliphatic hydroxyl groups is 1. The van der Waals surface area contributed by atoms with Crippen molar-refractivity contribution in [1.82, 2.24) is 19.9 Å². The normalized spacial score (nSPS) is 16.2. The van der Waals surface area contributed by atoms with E-state index in [0.717, 1.165) is 38.8 Å². The molecule has 0 aromatic carbocycles. The summed E-state index contributed by atoms with van der Waals surface area (Å²) in [6, 6.07) is 1.70. The largest absolute Gasteiger partial charge is 0.394 e. The van der Waals surface area contributed by atoms with Gasteiger partial charge in [0.25, 0.3) is 5.91 Å². The number of nitrogen functional groups attached to an aromatic ring is 1. The van der Waals surface area contributed by atoms with Crippen LogP contribution in [0.1, 0.15) is 49.9 Å². The molecule has 4 N–H and O–H groups in total. The van der Waals surface area contributed by atoms with E-state index in [1.807, 2.05) is 6.92 Å². The molecule has 1 saturated heterocycles. The molecule has 1 amide bonds. The van der Waals surface area contributed by atoms with Gasteiger partial charge >= 0.3 is 0 Å². The van der Waals surface area contributed by atoms with Crippen LogP contribution >= 0.6 is 0 Å². The Balaban J connectivity index is 1.94. The van der Waals surface area contributed by atoms with Gasteiger partial charge in [-0.1, -0.05) is 19.8 Å². The van der Waals surface area contributed by atoms with Crippen molar-refractivity contribution in [2.24, 2.45) is 0 Å². The lowest BCUT2D eigenvalue weighted by atomic mass is 9.96. The molecule has 1 atom stereocenters. The summed E-state index contributed by atoms with van der Waals surface area (Å²) in [5.41, 5.74) is 6.88. The molecule has 1 fully saturated rings. The molecule has 1 aliphatic heterocycles. The maximum absolute atomic E-state index is 12.4. The highest BCUT2D eigenvalue weighted by atomic mass is 16.3. The Morgan fingerprint density at radius 3 is 2.81 bits per heavy atom. The van der Waals surface area contributed by atoms with Crippen molar-refractivity contribution >= 4 is 28.7 Å². The molecule has 0 bridgehead atoms. The van der Waals surface area contributed by atoms with Gasteiger partial charge in [0.2, 0.25) is 5.95 Å². The van der Waals surface area contributed by atoms with Crippen LogP contribution < -0.4 is 11.1 Å². The summed E-state index contributed by atoms with van der Waals surface area (Å²) in [6.45, 7) is 5.57. The Hall–Kier alpha value is -2.48. The molecule has 8 nitrogen and oxygen atoms in total. The maximum Gasteiger partial charge on any atom is 0.255 e. The number of pyridine rings is 1. The van der Waals surface area contributed by atoms with Crippen molar-refractivity contribution in [3.8, 4) is 0 Å². The highest BCUT2D eigenvalue weighted by Gasteiger charge is 2.26. The van der Waals surface area contributed by atoms with Gasteiger partial charge in [-0.05, 0) is 25.8 Å². The molecule has 2 aromatic rings. The number of nitrogens with zero attached hydrogens (tertiary/aromatic N) is 4. The zero-order valence-electron chi connectivity index (χ0n) is 15.3. The summed E-state index contributed by atoms with van der Waals surface area (Å²) in [7, 11) is 0. The Morgan fingerprint density at radius 2 is 2.19 bits per heavy atom. The van der Waals surface area contributed by atoms with Gasteiger partial charge in [0.1, 0.15) is 5.52 Å². The number of fused-ring (bicyclic) bond motifs is 1. The van der Waals surface area contributed by atoms with Crippen LogP contribution in [0.3, 0.4) is 0 Å². The van der Waals surface area contributed by atoms with Gasteiger partial charge in [-0.2, -0.15) is 4.98 Å². The number of carbonyl (C=O) groups excluding carboxylic acids is 1. The van der Waals surface area contributed by atoms with Gasteiger partial charge in [0, 0.05) is 19.3 Å². The van der Waals surface area contributed by atoms with E-state index in [0.29, 0.717) is 22.4 Å². The van der Waals surface area contributed by atoms with Gasteiger partial charge in [-0.25, -0.2) is 9.97 Å². The summed E-state index contributed by atoms with van der Waals surface area (Å²) in [5, 5.41) is 13.1. The first kappa shape index (κ1) is 18.3. The fourth-order valence-corrected chi connectivity index (χ4v) is 2.98. The number of aromatic nitrogens is 3. The number of hydrogen-bond acceptors (Lipinski definition) is 7. The predicted octanol–water partition coefficient (Wildman–Crippen LogP) is 1.81. The molecule has 0 spiro atoms. The van der Waals surface area contributed by atoms with Crippen molar-refractivity contribution < 1.29 is 9.90 Å². The number of nitrogens with two attached hydrogens (primary N) is 1. The maximum atomic E-state index is 12.4. The van der Waals surface area contributed by atoms with Gasteiger partial charge in [0.05, 0.1) is 23.2 Å². The number of hydrogen-bond donors (Lipinski definition) is 3. The van der Waals surface area contributed by atoms with Gasteiger partial charge < -0.3 is 21.1 Å². The SMILES string of the molecule is CCCC[C@](C)(CO)Nc1nc(N)nc2cc(C(=O)N3CCC3)cnc12. The van der Waals surface area contributed by atoms with Crippen LogP contribution in [0.2, 0.25) is 0 Å². The first-order valence-corrected chi connectivity index (χ1v) is 9.07. The standard InChI is InChI=1S/C18H26N6O2/c1-3-4-6-18(2,11-25)23-15-14-13(21-17(19)22-15)9-12(10-20-14)16(26)24-7-5-8-24/h9-10,25H,3-8,11H2,1-2H3,(H3,19,21,22,23)/t18-/m1/s1. The summed E-state index contributed by atoms with van der Waals surface area (Å²) in [5.74, 6) is 0.537. The number of rotatable bonds is 7. The average molecular weight is 358 g/mol. The topological polar surface area (TPSA) is 117 Å². The number of nitrogens with one attached hydrogen (secondary N) is 1. The van der Waals surface area contributed by atoms with E-state index in [1.165, 1.54) is 0 Å². The van der Waals surface area contributed by atoms with Crippen molar-refractivity contribution in [1.29, 1.82) is 0 Å². The number of anilines is 2. The molecule has 3 heterocycles. The molecule has 0 unspecified atom stereocenters. The molecule has 0 radical (unpaired) electrons. The van der Waals surface area contributed by atoms with Crippen LogP contribution in [-0.2, 0) is 0 Å². The number of aliphatic hydroxyl groups excluding tert-OH is 1. The fraction of sp³-hybridized carbons (Fsp3) is 0.556. The summed E-state index contributed by atoms with van der Waals surface area (Å²) >= 11 is 0. The van der Waals surface area contributed by atoms with E-state index in [-0.39, 0.29) is 18.5 Å². The zero-order valence-corrected chi connectivity index (χ0v) is 15.3. The number of amides is 1. The van der Waals surface area contributed by atoms with Crippen molar-refractivity contribution in [3.05, 3.63) is 17.8 Å². The Kier molecular flexibility index (Phi) is 5.22. The number of likely N-dealkylation sites (tertiary alicyclic amines) is 1. The predicted molar refractivity (Wildman–Crippen MR) is 101 cm³/mol. The molecule has 0 saturated carbocycles. The van der Waals surface area contributed by atoms with Crippen LogP contribution in [0, 0.1) is 0 Å². The van der Waals surface area contributed by atoms with E-state index in [4.69, 9.17) is 5.73 Å². The molecule has 140 valence electrons. The molecule has 26 heavy (non-hydrogen) atoms. The van der Waals surface area contributed by atoms with Gasteiger partial charge in [-0.15, -0.1) is 0 Å². The van der Waals surface area contributed by atoms with Crippen molar-refractivity contribution in [3.63, 3.8) is 0 Å². The van der Waals surface area contributed by atoms with Crippen molar-refractivity contribution in [2.75, 3.05) is 30.7 Å². The third kappa shape index (κ3) is 3.70.